The molecule has 8 atom stereocenters. The van der Waals surface area contributed by atoms with Crippen molar-refractivity contribution in [1.29, 1.82) is 0 Å². The Labute approximate surface area is 474 Å². The quantitative estimate of drug-likeness (QED) is 0.0220. The summed E-state index contributed by atoms with van der Waals surface area (Å²) in [6.45, 7) is 9.16. The number of carbonyl (C=O) groups excluding carboxylic acids is 7. The Bertz CT molecular complexity index is 2640. The third-order valence-electron chi connectivity index (χ3n) is 12.3. The third-order valence-corrected chi connectivity index (χ3v) is 15.8. The standard InChI is InChI=1S/C49H77N17O9S4/c1-27-39(65-43(66-41(27)53)33(23-37(52)67)59-24-31(51)42(54)69)48(74)63-34(22-30-10-7-20-76-30)47(73)60-29(3)40(68)28(2)44(70)62-32(12-21-79(4)75)45(71)58-19-11-38-61-36(26-77-38)49-64-35(25-78-49)46(72)57-18-9-17-56-15-6-5-14-55-16-8-13-50/h7,10,20,25-26,28-29,31-34,40,55-56,59,68H,5-6,8-9,11-19,21-24,50-51H2,1-4H3,(H2,52,67)(H2,54,69)(H,57,72)(H,58,71)(H,60,73)(H,62,70)(H,63,74)(H2,53,65,66)/t28-,29+,31-,32-,33-,34-,40-,79?/m0/s1. The second kappa shape index (κ2) is 34.2. The second-order valence-corrected chi connectivity index (χ2v) is 23.1. The minimum atomic E-state index is -1.50. The number of amides is 7. The van der Waals surface area contributed by atoms with Crippen molar-refractivity contribution in [1.82, 2.24) is 62.5 Å². The Kier molecular flexibility index (Phi) is 28.4. The van der Waals surface area contributed by atoms with E-state index in [1.165, 1.54) is 61.0 Å². The Morgan fingerprint density at radius 3 is 2.15 bits per heavy atom. The Balaban J connectivity index is 1.31. The average molecular weight is 1180 g/mol. The smallest absolute Gasteiger partial charge is 0.271 e. The molecule has 4 aromatic heterocycles. The number of carbonyl (C=O) groups is 7. The van der Waals surface area contributed by atoms with E-state index in [9.17, 15) is 42.9 Å². The van der Waals surface area contributed by atoms with Gasteiger partial charge in [0, 0.05) is 82.9 Å². The number of anilines is 1. The molecule has 0 saturated heterocycles. The number of nitrogens with two attached hydrogens (primary N) is 5. The lowest BCUT2D eigenvalue weighted by Crippen LogP contribution is -2.56. The molecule has 0 bridgehead atoms. The maximum absolute atomic E-state index is 14.0. The first-order chi connectivity index (χ1) is 37.7. The zero-order chi connectivity index (χ0) is 58.0. The number of thiophene rings is 1. The van der Waals surface area contributed by atoms with E-state index >= 15 is 0 Å². The average Bonchev–Trinajstić information content (AvgIpc) is 4.23. The van der Waals surface area contributed by atoms with Crippen molar-refractivity contribution < 1.29 is 42.9 Å². The molecular formula is C49H77N17O9S4. The van der Waals surface area contributed by atoms with E-state index in [0.29, 0.717) is 40.9 Å². The number of primary amides is 2. The molecule has 0 aliphatic rings. The van der Waals surface area contributed by atoms with Crippen molar-refractivity contribution in [2.75, 3.05) is 70.1 Å². The van der Waals surface area contributed by atoms with Gasteiger partial charge in [0.1, 0.15) is 45.8 Å². The van der Waals surface area contributed by atoms with Gasteiger partial charge in [0.05, 0.1) is 35.2 Å². The lowest BCUT2D eigenvalue weighted by Gasteiger charge is -2.28. The van der Waals surface area contributed by atoms with Crippen molar-refractivity contribution in [3.63, 3.8) is 0 Å². The molecule has 436 valence electrons. The topological polar surface area (TPSA) is 435 Å². The van der Waals surface area contributed by atoms with Crippen molar-refractivity contribution in [2.45, 2.75) is 108 Å². The zero-order valence-electron chi connectivity index (χ0n) is 45.0. The van der Waals surface area contributed by atoms with Crippen LogP contribution >= 0.6 is 34.0 Å². The summed E-state index contributed by atoms with van der Waals surface area (Å²) in [7, 11) is -1.31. The molecule has 0 aromatic carbocycles. The van der Waals surface area contributed by atoms with Crippen molar-refractivity contribution >= 4 is 92.0 Å². The highest BCUT2D eigenvalue weighted by Gasteiger charge is 2.34. The Morgan fingerprint density at radius 1 is 0.785 bits per heavy atom. The molecule has 0 spiro atoms. The Hall–Kier alpha value is -5.96. The van der Waals surface area contributed by atoms with E-state index in [0.717, 1.165) is 56.7 Å². The van der Waals surface area contributed by atoms with E-state index in [1.807, 2.05) is 5.38 Å². The summed E-state index contributed by atoms with van der Waals surface area (Å²) in [5, 5.41) is 41.4. The van der Waals surface area contributed by atoms with Gasteiger partial charge >= 0.3 is 0 Å². The maximum Gasteiger partial charge on any atom is 0.271 e. The van der Waals surface area contributed by atoms with Crippen LogP contribution in [-0.2, 0) is 47.6 Å². The lowest BCUT2D eigenvalue weighted by molar-refractivity contribution is -0.134. The van der Waals surface area contributed by atoms with Crippen LogP contribution in [0.25, 0.3) is 10.7 Å². The molecule has 79 heavy (non-hydrogen) atoms. The minimum absolute atomic E-state index is 0.0128. The van der Waals surface area contributed by atoms with Crippen LogP contribution in [0, 0.1) is 12.8 Å². The number of thiazole rings is 2. The van der Waals surface area contributed by atoms with Gasteiger partial charge in [0.25, 0.3) is 11.8 Å². The molecule has 0 aliphatic heterocycles. The fourth-order valence-corrected chi connectivity index (χ4v) is 10.5. The van der Waals surface area contributed by atoms with Gasteiger partial charge in [-0.2, -0.15) is 0 Å². The first-order valence-corrected chi connectivity index (χ1v) is 30.3. The molecule has 4 heterocycles. The fourth-order valence-electron chi connectivity index (χ4n) is 7.59. The van der Waals surface area contributed by atoms with E-state index in [1.54, 1.807) is 22.9 Å². The largest absolute Gasteiger partial charge is 0.390 e. The summed E-state index contributed by atoms with van der Waals surface area (Å²) < 4.78 is 12.1. The van der Waals surface area contributed by atoms with Crippen LogP contribution in [0.5, 0.6) is 0 Å². The number of aliphatic hydroxyl groups excluding tert-OH is 1. The van der Waals surface area contributed by atoms with Gasteiger partial charge < -0.3 is 76.3 Å². The predicted octanol–water partition coefficient (Wildman–Crippen LogP) is -1.79. The van der Waals surface area contributed by atoms with E-state index in [4.69, 9.17) is 28.7 Å². The molecule has 26 nitrogen and oxygen atoms in total. The summed E-state index contributed by atoms with van der Waals surface area (Å²) in [5.41, 5.74) is 29.0. The first kappa shape index (κ1) is 65.6. The fraction of sp³-hybridized carbons (Fsp3) is 0.571. The van der Waals surface area contributed by atoms with Crippen LogP contribution in [-0.4, -0.2) is 165 Å². The van der Waals surface area contributed by atoms with Crippen LogP contribution in [0.4, 0.5) is 5.82 Å². The highest BCUT2D eigenvalue weighted by atomic mass is 32.2. The van der Waals surface area contributed by atoms with Gasteiger partial charge in [-0.3, -0.25) is 37.8 Å². The predicted molar refractivity (Wildman–Crippen MR) is 306 cm³/mol. The second-order valence-electron chi connectivity index (χ2n) is 18.8. The van der Waals surface area contributed by atoms with Gasteiger partial charge in [-0.1, -0.05) is 13.0 Å². The molecular weight excluding hydrogens is 1100 g/mol. The van der Waals surface area contributed by atoms with Crippen molar-refractivity contribution in [2.24, 2.45) is 28.9 Å². The van der Waals surface area contributed by atoms with Crippen molar-refractivity contribution in [3.8, 4) is 10.7 Å². The molecule has 19 N–H and O–H groups in total. The number of hydrogen-bond acceptors (Lipinski definition) is 22. The number of nitrogens with one attached hydrogen (secondary N) is 8. The molecule has 4 rings (SSSR count). The number of rotatable bonds is 38. The number of aliphatic hydroxyl groups is 1. The molecule has 0 aliphatic carbocycles. The lowest BCUT2D eigenvalue weighted by atomic mass is 9.97. The van der Waals surface area contributed by atoms with Crippen LogP contribution < -0.4 is 71.2 Å². The summed E-state index contributed by atoms with van der Waals surface area (Å²) in [6.07, 6.45) is 3.89. The molecule has 0 fully saturated rings. The monoisotopic (exact) mass is 1180 g/mol. The van der Waals surface area contributed by atoms with Gasteiger partial charge in [-0.25, -0.2) is 19.9 Å². The molecule has 7 amide bonds. The molecule has 1 unspecified atom stereocenters. The number of nitrogens with zero attached hydrogens (tertiary/aromatic N) is 4. The molecule has 0 saturated carbocycles. The van der Waals surface area contributed by atoms with E-state index in [-0.39, 0.29) is 66.9 Å². The Morgan fingerprint density at radius 2 is 1.49 bits per heavy atom. The van der Waals surface area contributed by atoms with Crippen LogP contribution in [0.2, 0.25) is 0 Å². The van der Waals surface area contributed by atoms with Crippen LogP contribution in [0.1, 0.15) is 101 Å². The number of hydrogen-bond donors (Lipinski definition) is 14. The van der Waals surface area contributed by atoms with Gasteiger partial charge in [0.2, 0.25) is 29.5 Å². The third kappa shape index (κ3) is 22.6. The number of unbranched alkanes of at least 4 members (excludes halogenated alkanes) is 1. The molecule has 0 radical (unpaired) electrons. The summed E-state index contributed by atoms with van der Waals surface area (Å²) in [5.74, 6) is -5.99. The van der Waals surface area contributed by atoms with Gasteiger partial charge in [0.15, 0.2) is 0 Å². The minimum Gasteiger partial charge on any atom is -0.390 e. The molecule has 30 heteroatoms. The highest BCUT2D eigenvalue weighted by Crippen LogP contribution is 2.26. The number of aromatic nitrogens is 4. The zero-order valence-corrected chi connectivity index (χ0v) is 48.2. The van der Waals surface area contributed by atoms with E-state index < -0.39 is 88.5 Å². The normalized spacial score (nSPS) is 14.4. The van der Waals surface area contributed by atoms with Crippen molar-refractivity contribution in [3.05, 3.63) is 60.9 Å². The summed E-state index contributed by atoms with van der Waals surface area (Å²) >= 11 is 3.99. The summed E-state index contributed by atoms with van der Waals surface area (Å²) in [4.78, 5) is 110. The maximum atomic E-state index is 14.0. The first-order valence-electron chi connectivity index (χ1n) is 25.9. The van der Waals surface area contributed by atoms with Crippen LogP contribution in [0.15, 0.2) is 28.3 Å². The van der Waals surface area contributed by atoms with Crippen LogP contribution in [0.3, 0.4) is 0 Å². The SMILES string of the molecule is Cc1c(N)nc([C@H](CC(N)=O)NC[C@H](N)C(N)=O)nc1C(=O)N[C@@H](Cc1cccs1)C(=O)N[C@H](C)[C@@H](O)[C@H](C)C(=O)N[C@@H](CCS(C)=O)C(=O)NCCc1nc(-c2nc(C(=O)NCCCNCCCCNCCCN)cs2)cs1. The summed E-state index contributed by atoms with van der Waals surface area (Å²) in [6, 6.07) is -2.09. The number of nitrogen functional groups attached to an aromatic ring is 1. The van der Waals surface area contributed by atoms with Gasteiger partial charge in [-0.15, -0.1) is 34.0 Å². The van der Waals surface area contributed by atoms with E-state index in [2.05, 4.69) is 62.5 Å². The molecule has 4 aromatic rings. The highest BCUT2D eigenvalue weighted by molar-refractivity contribution is 7.84. The van der Waals surface area contributed by atoms with Gasteiger partial charge in [-0.05, 0) is 90.1 Å².